The Morgan fingerprint density at radius 1 is 1.27 bits per heavy atom. The maximum absolute atomic E-state index is 12.7. The number of aromatic hydroxyl groups is 1. The molecule has 142 valence electrons. The van der Waals surface area contributed by atoms with Crippen molar-refractivity contribution >= 4 is 11.8 Å². The van der Waals surface area contributed by atoms with Gasteiger partial charge in [0.05, 0.1) is 6.04 Å². The molecule has 1 saturated heterocycles. The SMILES string of the molecule is Cc1ccc2c(c1O)CCCC2NC(=O)C1CCC(C(F)(F)F)NC1=O. The average Bonchev–Trinajstić information content (AvgIpc) is 2.57. The number of aryl methyl sites for hydroxylation is 1. The van der Waals surface area contributed by atoms with Crippen LogP contribution in [0.4, 0.5) is 13.2 Å². The van der Waals surface area contributed by atoms with Crippen LogP contribution in [0.2, 0.25) is 0 Å². The Labute approximate surface area is 149 Å². The average molecular weight is 370 g/mol. The molecule has 1 fully saturated rings. The third-order valence-corrected chi connectivity index (χ3v) is 5.22. The standard InChI is InChI=1S/C18H21F3N2O3/c1-9-5-6-10-11(15(9)24)3-2-4-13(10)22-16(25)12-7-8-14(18(19,20)21)23-17(12)26/h5-6,12-14,24H,2-4,7-8H2,1H3,(H,22,25)(H,23,26). The van der Waals surface area contributed by atoms with Crippen LogP contribution in [0.25, 0.3) is 0 Å². The molecule has 26 heavy (non-hydrogen) atoms. The lowest BCUT2D eigenvalue weighted by molar-refractivity contribution is -0.171. The zero-order valence-electron chi connectivity index (χ0n) is 14.3. The van der Waals surface area contributed by atoms with Crippen molar-refractivity contribution in [2.75, 3.05) is 0 Å². The fourth-order valence-electron chi connectivity index (χ4n) is 3.72. The summed E-state index contributed by atoms with van der Waals surface area (Å²) < 4.78 is 38.1. The first kappa shape index (κ1) is 18.5. The smallest absolute Gasteiger partial charge is 0.408 e. The number of nitrogens with one attached hydrogen (secondary N) is 2. The topological polar surface area (TPSA) is 78.4 Å². The van der Waals surface area contributed by atoms with Crippen LogP contribution in [0.3, 0.4) is 0 Å². The van der Waals surface area contributed by atoms with Gasteiger partial charge in [-0.15, -0.1) is 0 Å². The van der Waals surface area contributed by atoms with Crippen molar-refractivity contribution in [2.24, 2.45) is 5.92 Å². The second kappa shape index (κ2) is 6.81. The van der Waals surface area contributed by atoms with Crippen molar-refractivity contribution in [3.63, 3.8) is 0 Å². The van der Waals surface area contributed by atoms with Gasteiger partial charge in [0.1, 0.15) is 17.7 Å². The Morgan fingerprint density at radius 2 is 2.00 bits per heavy atom. The normalized spacial score (nSPS) is 26.0. The summed E-state index contributed by atoms with van der Waals surface area (Å²) in [5.74, 6) is -2.37. The molecule has 3 atom stereocenters. The van der Waals surface area contributed by atoms with Crippen LogP contribution >= 0.6 is 0 Å². The molecule has 1 aromatic rings. The van der Waals surface area contributed by atoms with E-state index in [9.17, 15) is 27.9 Å². The molecule has 3 rings (SSSR count). The number of hydrogen-bond donors (Lipinski definition) is 3. The first-order chi connectivity index (χ1) is 12.2. The number of halogens is 3. The highest BCUT2D eigenvalue weighted by Gasteiger charge is 2.46. The van der Waals surface area contributed by atoms with Gasteiger partial charge < -0.3 is 15.7 Å². The van der Waals surface area contributed by atoms with Crippen LogP contribution in [-0.4, -0.2) is 29.1 Å². The van der Waals surface area contributed by atoms with E-state index in [1.54, 1.807) is 13.0 Å². The second-order valence-electron chi connectivity index (χ2n) is 6.98. The molecule has 1 aliphatic heterocycles. The van der Waals surface area contributed by atoms with Crippen molar-refractivity contribution in [1.29, 1.82) is 0 Å². The lowest BCUT2D eigenvalue weighted by Crippen LogP contribution is -2.54. The van der Waals surface area contributed by atoms with E-state index in [0.29, 0.717) is 12.8 Å². The van der Waals surface area contributed by atoms with Crippen LogP contribution in [0.5, 0.6) is 5.75 Å². The van der Waals surface area contributed by atoms with Crippen LogP contribution in [0.1, 0.15) is 48.4 Å². The number of hydrogen-bond acceptors (Lipinski definition) is 3. The van der Waals surface area contributed by atoms with Gasteiger partial charge in [-0.3, -0.25) is 9.59 Å². The lowest BCUT2D eigenvalue weighted by atomic mass is 9.85. The molecule has 3 unspecified atom stereocenters. The van der Waals surface area contributed by atoms with E-state index in [2.05, 4.69) is 5.32 Å². The quantitative estimate of drug-likeness (QED) is 0.701. The van der Waals surface area contributed by atoms with Crippen molar-refractivity contribution in [2.45, 2.75) is 57.3 Å². The minimum atomic E-state index is -4.51. The van der Waals surface area contributed by atoms with Gasteiger partial charge in [-0.1, -0.05) is 12.1 Å². The van der Waals surface area contributed by atoms with E-state index in [1.807, 2.05) is 11.4 Å². The summed E-state index contributed by atoms with van der Waals surface area (Å²) in [5.41, 5.74) is 2.34. The highest BCUT2D eigenvalue weighted by atomic mass is 19.4. The minimum absolute atomic E-state index is 0.138. The largest absolute Gasteiger partial charge is 0.507 e. The van der Waals surface area contributed by atoms with Gasteiger partial charge in [0.15, 0.2) is 0 Å². The predicted octanol–water partition coefficient (Wildman–Crippen LogP) is 2.65. The second-order valence-corrected chi connectivity index (χ2v) is 6.98. The van der Waals surface area contributed by atoms with E-state index in [0.717, 1.165) is 23.1 Å². The number of fused-ring (bicyclic) bond motifs is 1. The van der Waals surface area contributed by atoms with Crippen LogP contribution in [-0.2, 0) is 16.0 Å². The van der Waals surface area contributed by atoms with Crippen LogP contribution in [0.15, 0.2) is 12.1 Å². The molecule has 1 aromatic carbocycles. The molecule has 2 aliphatic rings. The molecular weight excluding hydrogens is 349 g/mol. The van der Waals surface area contributed by atoms with Crippen molar-refractivity contribution in [3.8, 4) is 5.75 Å². The monoisotopic (exact) mass is 370 g/mol. The Bertz CT molecular complexity index is 733. The molecule has 0 saturated carbocycles. The summed E-state index contributed by atoms with van der Waals surface area (Å²) >= 11 is 0. The molecule has 5 nitrogen and oxygen atoms in total. The van der Waals surface area contributed by atoms with E-state index < -0.39 is 30.0 Å². The molecule has 1 heterocycles. The maximum Gasteiger partial charge on any atom is 0.408 e. The summed E-state index contributed by atoms with van der Waals surface area (Å²) in [5, 5.41) is 14.9. The van der Waals surface area contributed by atoms with Crippen molar-refractivity contribution < 1.29 is 27.9 Å². The third kappa shape index (κ3) is 3.50. The minimum Gasteiger partial charge on any atom is -0.507 e. The molecular formula is C18H21F3N2O3. The summed E-state index contributed by atoms with van der Waals surface area (Å²) in [7, 11) is 0. The van der Waals surface area contributed by atoms with E-state index in [4.69, 9.17) is 0 Å². The fraction of sp³-hybridized carbons (Fsp3) is 0.556. The number of alkyl halides is 3. The summed E-state index contributed by atoms with van der Waals surface area (Å²) in [4.78, 5) is 24.4. The Morgan fingerprint density at radius 3 is 2.65 bits per heavy atom. The van der Waals surface area contributed by atoms with Gasteiger partial charge in [0.2, 0.25) is 11.8 Å². The first-order valence-electron chi connectivity index (χ1n) is 8.67. The van der Waals surface area contributed by atoms with Gasteiger partial charge >= 0.3 is 6.18 Å². The van der Waals surface area contributed by atoms with Gasteiger partial charge in [-0.05, 0) is 55.7 Å². The zero-order valence-corrected chi connectivity index (χ0v) is 14.3. The molecule has 8 heteroatoms. The van der Waals surface area contributed by atoms with Crippen molar-refractivity contribution in [3.05, 3.63) is 28.8 Å². The highest BCUT2D eigenvalue weighted by molar-refractivity contribution is 6.01. The molecule has 0 bridgehead atoms. The number of piperidine rings is 1. The third-order valence-electron chi connectivity index (χ3n) is 5.22. The number of rotatable bonds is 2. The van der Waals surface area contributed by atoms with E-state index >= 15 is 0 Å². The van der Waals surface area contributed by atoms with Crippen LogP contribution in [0, 0.1) is 12.8 Å². The Balaban J connectivity index is 1.71. The maximum atomic E-state index is 12.7. The van der Waals surface area contributed by atoms with Gasteiger partial charge in [-0.2, -0.15) is 13.2 Å². The number of benzene rings is 1. The number of carbonyl (C=O) groups excluding carboxylic acids is 2. The highest BCUT2D eigenvalue weighted by Crippen LogP contribution is 2.37. The Hall–Kier alpha value is -2.25. The fourth-order valence-corrected chi connectivity index (χ4v) is 3.72. The Kier molecular flexibility index (Phi) is 4.86. The van der Waals surface area contributed by atoms with Gasteiger partial charge in [0.25, 0.3) is 0 Å². The molecule has 2 amide bonds. The van der Waals surface area contributed by atoms with E-state index in [-0.39, 0.29) is 24.6 Å². The number of amides is 2. The number of phenolic OH excluding ortho intramolecular Hbond substituents is 1. The van der Waals surface area contributed by atoms with Gasteiger partial charge in [0, 0.05) is 0 Å². The number of carbonyl (C=O) groups is 2. The lowest BCUT2D eigenvalue weighted by Gasteiger charge is -2.32. The first-order valence-corrected chi connectivity index (χ1v) is 8.67. The summed E-state index contributed by atoms with van der Waals surface area (Å²) in [6.07, 6.45) is -2.83. The molecule has 1 aliphatic carbocycles. The summed E-state index contributed by atoms with van der Waals surface area (Å²) in [6, 6.07) is 1.36. The predicted molar refractivity (Wildman–Crippen MR) is 87.4 cm³/mol. The molecule has 0 radical (unpaired) electrons. The number of phenols is 1. The van der Waals surface area contributed by atoms with Crippen molar-refractivity contribution in [1.82, 2.24) is 10.6 Å². The molecule has 0 spiro atoms. The van der Waals surface area contributed by atoms with Crippen LogP contribution < -0.4 is 10.6 Å². The zero-order chi connectivity index (χ0) is 19.1. The van der Waals surface area contributed by atoms with E-state index in [1.165, 1.54) is 0 Å². The summed E-state index contributed by atoms with van der Waals surface area (Å²) in [6.45, 7) is 1.79. The molecule has 3 N–H and O–H groups in total. The molecule has 0 aromatic heterocycles. The van der Waals surface area contributed by atoms with Gasteiger partial charge in [-0.25, -0.2) is 0 Å².